The van der Waals surface area contributed by atoms with Crippen molar-refractivity contribution in [3.63, 3.8) is 0 Å². The summed E-state index contributed by atoms with van der Waals surface area (Å²) in [6, 6.07) is 4.27. The average molecular weight is 459 g/mol. The molecular weight excluding hydrogens is 428 g/mol. The normalized spacial score (nSPS) is 16.9. The molecule has 1 atom stereocenters. The SMILES string of the molecule is COc1ccc(S(=O)(=O)N2CCO[C@@H]2CNC(=O)C(=O)NCCCN(C)C)cc1OC. The molecule has 1 saturated heterocycles. The zero-order valence-corrected chi connectivity index (χ0v) is 19.0. The summed E-state index contributed by atoms with van der Waals surface area (Å²) in [4.78, 5) is 25.9. The van der Waals surface area contributed by atoms with Gasteiger partial charge in [-0.15, -0.1) is 0 Å². The zero-order valence-electron chi connectivity index (χ0n) is 18.2. The van der Waals surface area contributed by atoms with Gasteiger partial charge < -0.3 is 29.7 Å². The van der Waals surface area contributed by atoms with Crippen molar-refractivity contribution in [2.45, 2.75) is 17.5 Å². The quantitative estimate of drug-likeness (QED) is 0.346. The van der Waals surface area contributed by atoms with Gasteiger partial charge in [0.15, 0.2) is 11.5 Å². The van der Waals surface area contributed by atoms with E-state index in [-0.39, 0.29) is 30.3 Å². The highest BCUT2D eigenvalue weighted by Crippen LogP contribution is 2.31. The monoisotopic (exact) mass is 458 g/mol. The van der Waals surface area contributed by atoms with Crippen molar-refractivity contribution in [3.8, 4) is 11.5 Å². The lowest BCUT2D eigenvalue weighted by Crippen LogP contribution is -2.47. The summed E-state index contributed by atoms with van der Waals surface area (Å²) in [6.45, 7) is 1.28. The molecule has 2 N–H and O–H groups in total. The van der Waals surface area contributed by atoms with Gasteiger partial charge in [-0.2, -0.15) is 4.31 Å². The van der Waals surface area contributed by atoms with Gasteiger partial charge in [-0.05, 0) is 39.2 Å². The van der Waals surface area contributed by atoms with E-state index in [1.807, 2.05) is 19.0 Å². The lowest BCUT2D eigenvalue weighted by molar-refractivity contribution is -0.139. The number of methoxy groups -OCH3 is 2. The Bertz CT molecular complexity index is 876. The van der Waals surface area contributed by atoms with E-state index in [0.29, 0.717) is 18.7 Å². The summed E-state index contributed by atoms with van der Waals surface area (Å²) in [7, 11) is 2.78. The number of hydrogen-bond donors (Lipinski definition) is 2. The first-order valence-corrected chi connectivity index (χ1v) is 11.2. The molecule has 12 heteroatoms. The van der Waals surface area contributed by atoms with Crippen LogP contribution >= 0.6 is 0 Å². The second-order valence-electron chi connectivity index (χ2n) is 7.08. The van der Waals surface area contributed by atoms with Gasteiger partial charge in [0.2, 0.25) is 10.0 Å². The third kappa shape index (κ3) is 6.53. The number of carbonyl (C=O) groups excluding carboxylic acids is 2. The van der Waals surface area contributed by atoms with Crippen LogP contribution in [0.4, 0.5) is 0 Å². The van der Waals surface area contributed by atoms with Crippen LogP contribution in [0.25, 0.3) is 0 Å². The van der Waals surface area contributed by atoms with Gasteiger partial charge >= 0.3 is 11.8 Å². The predicted molar refractivity (Wildman–Crippen MR) is 112 cm³/mol. The highest BCUT2D eigenvalue weighted by Gasteiger charge is 2.37. The first-order chi connectivity index (χ1) is 14.7. The number of nitrogens with one attached hydrogen (secondary N) is 2. The van der Waals surface area contributed by atoms with Gasteiger partial charge in [0.05, 0.1) is 32.3 Å². The van der Waals surface area contributed by atoms with Crippen LogP contribution < -0.4 is 20.1 Å². The van der Waals surface area contributed by atoms with Crippen molar-refractivity contribution in [3.05, 3.63) is 18.2 Å². The first kappa shape index (κ1) is 24.9. The maximum absolute atomic E-state index is 13.1. The highest BCUT2D eigenvalue weighted by molar-refractivity contribution is 7.89. The number of carbonyl (C=O) groups is 2. The van der Waals surface area contributed by atoms with E-state index in [4.69, 9.17) is 14.2 Å². The molecule has 1 fully saturated rings. The number of sulfonamides is 1. The topological polar surface area (TPSA) is 127 Å². The molecular formula is C19H30N4O7S. The molecule has 1 aromatic carbocycles. The standard InChI is InChI=1S/C19H30N4O7S/c1-22(2)9-5-8-20-18(24)19(25)21-13-17-23(10-11-30-17)31(26,27)14-6-7-15(28-3)16(12-14)29-4/h6-7,12,17H,5,8-11,13H2,1-4H3,(H,20,24)(H,21,25)/t17-/m1/s1. The molecule has 0 bridgehead atoms. The molecule has 1 heterocycles. The number of amides is 2. The number of benzene rings is 1. The van der Waals surface area contributed by atoms with E-state index in [0.717, 1.165) is 10.8 Å². The Hall–Kier alpha value is -2.41. The summed E-state index contributed by atoms with van der Waals surface area (Å²) < 4.78 is 43.1. The van der Waals surface area contributed by atoms with Crippen molar-refractivity contribution < 1.29 is 32.2 Å². The molecule has 11 nitrogen and oxygen atoms in total. The molecule has 0 aliphatic carbocycles. The third-order valence-electron chi connectivity index (χ3n) is 4.62. The van der Waals surface area contributed by atoms with Crippen LogP contribution in [0.5, 0.6) is 11.5 Å². The molecule has 1 aliphatic rings. The van der Waals surface area contributed by atoms with Gasteiger partial charge in [0, 0.05) is 19.2 Å². The summed E-state index contributed by atoms with van der Waals surface area (Å²) >= 11 is 0. The molecule has 2 rings (SSSR count). The van der Waals surface area contributed by atoms with E-state index >= 15 is 0 Å². The Balaban J connectivity index is 1.98. The molecule has 1 aliphatic heterocycles. The van der Waals surface area contributed by atoms with E-state index in [1.54, 1.807) is 0 Å². The van der Waals surface area contributed by atoms with Gasteiger partial charge in [-0.1, -0.05) is 0 Å². The molecule has 174 valence electrons. The van der Waals surface area contributed by atoms with Crippen molar-refractivity contribution >= 4 is 21.8 Å². The molecule has 0 saturated carbocycles. The van der Waals surface area contributed by atoms with Crippen LogP contribution in [0.15, 0.2) is 23.1 Å². The van der Waals surface area contributed by atoms with Crippen LogP contribution in [0.2, 0.25) is 0 Å². The van der Waals surface area contributed by atoms with Gasteiger partial charge in [0.1, 0.15) is 6.23 Å². The molecule has 0 spiro atoms. The zero-order chi connectivity index (χ0) is 23.0. The third-order valence-corrected chi connectivity index (χ3v) is 6.50. The Kier molecular flexibility index (Phi) is 9.04. The number of nitrogens with zero attached hydrogens (tertiary/aromatic N) is 2. The molecule has 2 amide bonds. The Morgan fingerprint density at radius 3 is 2.48 bits per heavy atom. The van der Waals surface area contributed by atoms with Crippen LogP contribution in [0.1, 0.15) is 6.42 Å². The van der Waals surface area contributed by atoms with Crippen molar-refractivity contribution in [2.75, 3.05) is 61.1 Å². The minimum absolute atomic E-state index is 0.00520. The molecule has 1 aromatic rings. The van der Waals surface area contributed by atoms with Gasteiger partial charge in [0.25, 0.3) is 0 Å². The Morgan fingerprint density at radius 2 is 1.84 bits per heavy atom. The molecule has 0 radical (unpaired) electrons. The van der Waals surface area contributed by atoms with Gasteiger partial charge in [-0.25, -0.2) is 8.42 Å². The summed E-state index contributed by atoms with van der Waals surface area (Å²) in [5.41, 5.74) is 0. The summed E-state index contributed by atoms with van der Waals surface area (Å²) in [6.07, 6.45) is -0.224. The van der Waals surface area contributed by atoms with Crippen LogP contribution in [-0.2, 0) is 24.3 Å². The van der Waals surface area contributed by atoms with E-state index in [1.165, 1.54) is 32.4 Å². The van der Waals surface area contributed by atoms with Gasteiger partial charge in [-0.3, -0.25) is 9.59 Å². The molecule has 31 heavy (non-hydrogen) atoms. The van der Waals surface area contributed by atoms with Crippen molar-refractivity contribution in [1.82, 2.24) is 19.8 Å². The van der Waals surface area contributed by atoms with Crippen molar-refractivity contribution in [2.24, 2.45) is 0 Å². The lowest BCUT2D eigenvalue weighted by atomic mass is 10.3. The minimum Gasteiger partial charge on any atom is -0.493 e. The maximum Gasteiger partial charge on any atom is 0.309 e. The minimum atomic E-state index is -3.92. The van der Waals surface area contributed by atoms with Crippen LogP contribution in [-0.4, -0.2) is 96.8 Å². The second kappa shape index (κ2) is 11.3. The molecule has 0 unspecified atom stereocenters. The fourth-order valence-electron chi connectivity index (χ4n) is 2.99. The predicted octanol–water partition coefficient (Wildman–Crippen LogP) is -0.765. The van der Waals surface area contributed by atoms with E-state index < -0.39 is 28.1 Å². The maximum atomic E-state index is 13.1. The summed E-state index contributed by atoms with van der Waals surface area (Å²) in [5.74, 6) is -0.936. The first-order valence-electron chi connectivity index (χ1n) is 9.77. The van der Waals surface area contributed by atoms with Crippen LogP contribution in [0.3, 0.4) is 0 Å². The van der Waals surface area contributed by atoms with E-state index in [2.05, 4.69) is 10.6 Å². The van der Waals surface area contributed by atoms with Crippen LogP contribution in [0, 0.1) is 0 Å². The molecule has 0 aromatic heterocycles. The van der Waals surface area contributed by atoms with Crippen molar-refractivity contribution in [1.29, 1.82) is 0 Å². The number of rotatable bonds is 10. The Morgan fingerprint density at radius 1 is 1.16 bits per heavy atom. The van der Waals surface area contributed by atoms with E-state index in [9.17, 15) is 18.0 Å². The Labute approximate surface area is 182 Å². The number of hydrogen-bond acceptors (Lipinski definition) is 8. The average Bonchev–Trinajstić information content (AvgIpc) is 3.23. The lowest BCUT2D eigenvalue weighted by Gasteiger charge is -2.23. The smallest absolute Gasteiger partial charge is 0.309 e. The number of ether oxygens (including phenoxy) is 3. The summed E-state index contributed by atoms with van der Waals surface area (Å²) in [5, 5.41) is 4.96. The highest BCUT2D eigenvalue weighted by atomic mass is 32.2. The second-order valence-corrected chi connectivity index (χ2v) is 8.97. The fourth-order valence-corrected chi connectivity index (χ4v) is 4.52. The fraction of sp³-hybridized carbons (Fsp3) is 0.579. The largest absolute Gasteiger partial charge is 0.493 e.